The first-order valence-corrected chi connectivity index (χ1v) is 12.2. The zero-order chi connectivity index (χ0) is 25.8. The SMILES string of the molecule is O=C(CSc1nc2ccccc2c(=O)n1-c1ccc(F)cc1F)Nc1ccccc1Oc1ccccc1. The highest BCUT2D eigenvalue weighted by atomic mass is 32.2. The first-order valence-electron chi connectivity index (χ1n) is 11.2. The molecule has 9 heteroatoms. The van der Waals surface area contributed by atoms with Crippen LogP contribution in [-0.2, 0) is 4.79 Å². The molecule has 37 heavy (non-hydrogen) atoms. The van der Waals surface area contributed by atoms with E-state index in [-0.39, 0.29) is 27.9 Å². The molecule has 1 heterocycles. The summed E-state index contributed by atoms with van der Waals surface area (Å²) in [5.41, 5.74) is 0.177. The van der Waals surface area contributed by atoms with Crippen LogP contribution < -0.4 is 15.6 Å². The number of carbonyl (C=O) groups excluding carboxylic acids is 1. The minimum absolute atomic E-state index is 0.0955. The number of aromatic nitrogens is 2. The number of carbonyl (C=O) groups is 1. The van der Waals surface area contributed by atoms with Gasteiger partial charge in [-0.2, -0.15) is 0 Å². The van der Waals surface area contributed by atoms with Crippen LogP contribution in [0.1, 0.15) is 0 Å². The molecule has 5 rings (SSSR count). The summed E-state index contributed by atoms with van der Waals surface area (Å²) in [5.74, 6) is -1.13. The van der Waals surface area contributed by atoms with Gasteiger partial charge in [0.25, 0.3) is 5.56 Å². The monoisotopic (exact) mass is 515 g/mol. The zero-order valence-electron chi connectivity index (χ0n) is 19.2. The third kappa shape index (κ3) is 5.36. The van der Waals surface area contributed by atoms with Crippen LogP contribution in [0.2, 0.25) is 0 Å². The first-order chi connectivity index (χ1) is 18.0. The van der Waals surface area contributed by atoms with Crippen LogP contribution in [0.5, 0.6) is 11.5 Å². The van der Waals surface area contributed by atoms with Crippen molar-refractivity contribution in [3.63, 3.8) is 0 Å². The van der Waals surface area contributed by atoms with Gasteiger partial charge in [0.05, 0.1) is 28.0 Å². The number of fused-ring (bicyclic) bond motifs is 1. The smallest absolute Gasteiger partial charge is 0.266 e. The van der Waals surface area contributed by atoms with E-state index in [9.17, 15) is 18.4 Å². The van der Waals surface area contributed by atoms with Gasteiger partial charge < -0.3 is 10.1 Å². The van der Waals surface area contributed by atoms with Crippen molar-refractivity contribution < 1.29 is 18.3 Å². The van der Waals surface area contributed by atoms with Crippen molar-refractivity contribution >= 4 is 34.3 Å². The number of halogens is 2. The van der Waals surface area contributed by atoms with E-state index in [1.165, 1.54) is 6.07 Å². The minimum atomic E-state index is -0.919. The Morgan fingerprint density at radius 1 is 0.919 bits per heavy atom. The maximum Gasteiger partial charge on any atom is 0.266 e. The van der Waals surface area contributed by atoms with Gasteiger partial charge in [0.15, 0.2) is 10.9 Å². The second kappa shape index (κ2) is 10.6. The average Bonchev–Trinajstić information content (AvgIpc) is 2.90. The summed E-state index contributed by atoms with van der Waals surface area (Å²) >= 11 is 0.960. The highest BCUT2D eigenvalue weighted by Crippen LogP contribution is 2.30. The van der Waals surface area contributed by atoms with Gasteiger partial charge in [0, 0.05) is 6.07 Å². The Kier molecular flexibility index (Phi) is 6.96. The summed E-state index contributed by atoms with van der Waals surface area (Å²) in [4.78, 5) is 30.6. The number of anilines is 1. The predicted octanol–water partition coefficient (Wildman–Crippen LogP) is 6.19. The summed E-state index contributed by atoms with van der Waals surface area (Å²) < 4.78 is 35.2. The Balaban J connectivity index is 1.42. The topological polar surface area (TPSA) is 73.2 Å². The van der Waals surface area contributed by atoms with Crippen LogP contribution >= 0.6 is 11.8 Å². The van der Waals surface area contributed by atoms with Crippen LogP contribution in [-0.4, -0.2) is 21.2 Å². The lowest BCUT2D eigenvalue weighted by molar-refractivity contribution is -0.113. The van der Waals surface area contributed by atoms with Crippen molar-refractivity contribution in [1.82, 2.24) is 9.55 Å². The number of benzene rings is 4. The zero-order valence-corrected chi connectivity index (χ0v) is 20.0. The van der Waals surface area contributed by atoms with Gasteiger partial charge in [-0.3, -0.25) is 14.2 Å². The molecule has 1 aromatic heterocycles. The average molecular weight is 516 g/mol. The van der Waals surface area contributed by atoms with Crippen LogP contribution in [0.4, 0.5) is 14.5 Å². The number of para-hydroxylation sites is 4. The number of amides is 1. The molecular weight excluding hydrogens is 496 g/mol. The molecule has 0 radical (unpaired) electrons. The summed E-state index contributed by atoms with van der Waals surface area (Å²) in [6.07, 6.45) is 0. The molecule has 0 aliphatic heterocycles. The molecule has 0 bridgehead atoms. The van der Waals surface area contributed by atoms with Gasteiger partial charge in [0.2, 0.25) is 5.91 Å². The molecule has 4 aromatic carbocycles. The Hall–Kier alpha value is -4.50. The van der Waals surface area contributed by atoms with Crippen molar-refractivity contribution in [2.75, 3.05) is 11.1 Å². The highest BCUT2D eigenvalue weighted by molar-refractivity contribution is 7.99. The van der Waals surface area contributed by atoms with E-state index >= 15 is 0 Å². The summed E-state index contributed by atoms with van der Waals surface area (Å²) in [5, 5.41) is 3.17. The van der Waals surface area contributed by atoms with E-state index in [0.717, 1.165) is 22.4 Å². The van der Waals surface area contributed by atoms with Gasteiger partial charge in [-0.1, -0.05) is 54.2 Å². The van der Waals surface area contributed by atoms with Crippen LogP contribution in [0.15, 0.2) is 107 Å². The molecule has 184 valence electrons. The Morgan fingerprint density at radius 3 is 2.46 bits per heavy atom. The molecule has 1 N–H and O–H groups in total. The number of rotatable bonds is 7. The van der Waals surface area contributed by atoms with Gasteiger partial charge >= 0.3 is 0 Å². The van der Waals surface area contributed by atoms with E-state index in [0.29, 0.717) is 28.8 Å². The molecule has 1 amide bonds. The van der Waals surface area contributed by atoms with Gasteiger partial charge in [0.1, 0.15) is 17.4 Å². The van der Waals surface area contributed by atoms with Crippen LogP contribution in [0, 0.1) is 11.6 Å². The molecule has 0 aliphatic rings. The maximum absolute atomic E-state index is 14.7. The predicted molar refractivity (Wildman–Crippen MR) is 140 cm³/mol. The van der Waals surface area contributed by atoms with E-state index < -0.39 is 17.2 Å². The molecular formula is C28H19F2N3O3S. The van der Waals surface area contributed by atoms with Crippen LogP contribution in [0.25, 0.3) is 16.6 Å². The summed E-state index contributed by atoms with van der Waals surface area (Å²) in [7, 11) is 0. The molecule has 0 saturated heterocycles. The Bertz CT molecular complexity index is 1660. The van der Waals surface area contributed by atoms with E-state index in [2.05, 4.69) is 10.3 Å². The van der Waals surface area contributed by atoms with Gasteiger partial charge in [-0.05, 0) is 48.5 Å². The van der Waals surface area contributed by atoms with Gasteiger partial charge in [-0.25, -0.2) is 13.8 Å². The molecule has 0 spiro atoms. The molecule has 0 aliphatic carbocycles. The molecule has 0 unspecified atom stereocenters. The van der Waals surface area contributed by atoms with E-state index in [1.807, 2.05) is 18.2 Å². The van der Waals surface area contributed by atoms with E-state index in [1.54, 1.807) is 60.7 Å². The quantitative estimate of drug-likeness (QED) is 0.207. The fourth-order valence-corrected chi connectivity index (χ4v) is 4.48. The van der Waals surface area contributed by atoms with Crippen LogP contribution in [0.3, 0.4) is 0 Å². The van der Waals surface area contributed by atoms with Gasteiger partial charge in [-0.15, -0.1) is 0 Å². The molecule has 5 aromatic rings. The number of hydrogen-bond donors (Lipinski definition) is 1. The minimum Gasteiger partial charge on any atom is -0.455 e. The summed E-state index contributed by atoms with van der Waals surface area (Å²) in [6.45, 7) is 0. The third-order valence-corrected chi connectivity index (χ3v) is 6.30. The maximum atomic E-state index is 14.7. The van der Waals surface area contributed by atoms with Crippen molar-refractivity contribution in [2.24, 2.45) is 0 Å². The molecule has 0 fully saturated rings. The number of hydrogen-bond acceptors (Lipinski definition) is 5. The van der Waals surface area contributed by atoms with Crippen molar-refractivity contribution in [2.45, 2.75) is 5.16 Å². The van der Waals surface area contributed by atoms with E-state index in [4.69, 9.17) is 4.74 Å². The Labute approximate surface area is 214 Å². The largest absolute Gasteiger partial charge is 0.455 e. The van der Waals surface area contributed by atoms with Crippen molar-refractivity contribution in [3.8, 4) is 17.2 Å². The fraction of sp³-hybridized carbons (Fsp3) is 0.0357. The lowest BCUT2D eigenvalue weighted by Crippen LogP contribution is -2.23. The number of nitrogens with one attached hydrogen (secondary N) is 1. The number of ether oxygens (including phenoxy) is 1. The fourth-order valence-electron chi connectivity index (χ4n) is 3.68. The third-order valence-electron chi connectivity index (χ3n) is 5.36. The normalized spacial score (nSPS) is 10.9. The molecule has 6 nitrogen and oxygen atoms in total. The first kappa shape index (κ1) is 24.2. The number of thioether (sulfide) groups is 1. The lowest BCUT2D eigenvalue weighted by Gasteiger charge is -2.15. The van der Waals surface area contributed by atoms with Crippen molar-refractivity contribution in [1.29, 1.82) is 0 Å². The lowest BCUT2D eigenvalue weighted by atomic mass is 10.2. The standard InChI is InChI=1S/C28H19F2N3O3S/c29-18-14-15-24(21(30)16-18)33-27(35)20-10-4-5-11-22(20)32-28(33)37-17-26(34)31-23-12-6-7-13-25(23)36-19-8-2-1-3-9-19/h1-16H,17H2,(H,31,34). The highest BCUT2D eigenvalue weighted by Gasteiger charge is 2.18. The summed E-state index contributed by atoms with van der Waals surface area (Å²) in [6, 6.07) is 25.7. The second-order valence-electron chi connectivity index (χ2n) is 7.90. The Morgan fingerprint density at radius 2 is 1.65 bits per heavy atom. The molecule has 0 atom stereocenters. The van der Waals surface area contributed by atoms with Crippen molar-refractivity contribution in [3.05, 3.63) is 119 Å². The second-order valence-corrected chi connectivity index (χ2v) is 8.84. The molecule has 0 saturated carbocycles. The number of nitrogens with zero attached hydrogens (tertiary/aromatic N) is 2.